The summed E-state index contributed by atoms with van der Waals surface area (Å²) < 4.78 is 4.33. The lowest BCUT2D eigenvalue weighted by molar-refractivity contribution is -0.202. The molecule has 5 aliphatic rings. The quantitative estimate of drug-likeness (QED) is 0.432. The molecule has 3 heterocycles. The summed E-state index contributed by atoms with van der Waals surface area (Å²) in [4.78, 5) is 28.2. The number of carbonyl (C=O) groups is 2. The van der Waals surface area contributed by atoms with Crippen molar-refractivity contribution in [1.29, 1.82) is 0 Å². The third-order valence-corrected chi connectivity index (χ3v) is 10.7. The minimum atomic E-state index is -1.72. The van der Waals surface area contributed by atoms with Gasteiger partial charge in [-0.15, -0.1) is 23.2 Å². The smallest absolute Gasteiger partial charge is 0.260 e. The average Bonchev–Trinajstić information content (AvgIpc) is 3.27. The van der Waals surface area contributed by atoms with Gasteiger partial charge in [0.25, 0.3) is 11.8 Å². The lowest BCUT2D eigenvalue weighted by Gasteiger charge is -2.39. The molecule has 5 rings (SSSR count). The second-order valence-corrected chi connectivity index (χ2v) is 11.2. The van der Waals surface area contributed by atoms with Crippen molar-refractivity contribution in [3.8, 4) is 0 Å². The molecule has 5 nitrogen and oxygen atoms in total. The van der Waals surface area contributed by atoms with E-state index in [1.807, 2.05) is 0 Å². The second-order valence-electron chi connectivity index (χ2n) is 7.92. The van der Waals surface area contributed by atoms with Gasteiger partial charge in [-0.3, -0.25) is 14.4 Å². The standard InChI is InChI=1S/C16H13Cl6NO4/c1-3(2)27-23-12(24)4-5(13(23)25)9-7-6(8(4)26-9)14(19)10(17)11(18)15(7,20)16(14,21)22/h3-9H,1-2H3. The number of rotatable bonds is 2. The van der Waals surface area contributed by atoms with Crippen molar-refractivity contribution < 1.29 is 19.2 Å². The zero-order valence-corrected chi connectivity index (χ0v) is 18.4. The number of amides is 2. The van der Waals surface area contributed by atoms with Crippen molar-refractivity contribution in [1.82, 2.24) is 5.06 Å². The Bertz CT molecular complexity index is 774. The number of carbonyl (C=O) groups excluding carboxylic acids is 2. The van der Waals surface area contributed by atoms with E-state index in [1.54, 1.807) is 13.8 Å². The molecule has 27 heavy (non-hydrogen) atoms. The van der Waals surface area contributed by atoms with Crippen molar-refractivity contribution in [2.45, 2.75) is 46.2 Å². The van der Waals surface area contributed by atoms with Gasteiger partial charge in [-0.25, -0.2) is 0 Å². The Hall–Kier alpha value is 0.540. The minimum absolute atomic E-state index is 0.0619. The molecule has 0 aromatic heterocycles. The van der Waals surface area contributed by atoms with Crippen LogP contribution >= 0.6 is 69.6 Å². The highest BCUT2D eigenvalue weighted by molar-refractivity contribution is 6.65. The second kappa shape index (κ2) is 5.42. The molecule has 0 spiro atoms. The summed E-state index contributed by atoms with van der Waals surface area (Å²) in [5.41, 5.74) is 0. The molecule has 8 unspecified atom stereocenters. The van der Waals surface area contributed by atoms with E-state index < -0.39 is 61.8 Å². The fourth-order valence-electron chi connectivity index (χ4n) is 5.59. The molecule has 148 valence electrons. The molecule has 3 saturated heterocycles. The number of allylic oxidation sites excluding steroid dienone is 2. The maximum atomic E-state index is 12.9. The number of ether oxygens (including phenoxy) is 1. The largest absolute Gasteiger partial charge is 0.373 e. The third-order valence-electron chi connectivity index (χ3n) is 6.45. The minimum Gasteiger partial charge on any atom is -0.373 e. The van der Waals surface area contributed by atoms with Gasteiger partial charge >= 0.3 is 0 Å². The topological polar surface area (TPSA) is 55.8 Å². The fraction of sp³-hybridized carbons (Fsp3) is 0.750. The van der Waals surface area contributed by atoms with E-state index in [0.717, 1.165) is 5.06 Å². The van der Waals surface area contributed by atoms with E-state index >= 15 is 0 Å². The van der Waals surface area contributed by atoms with Gasteiger partial charge in [-0.2, -0.15) is 5.06 Å². The monoisotopic (exact) mass is 493 g/mol. The molecular formula is C16H13Cl6NO4. The summed E-state index contributed by atoms with van der Waals surface area (Å²) >= 11 is 39.8. The number of hydrogen-bond acceptors (Lipinski definition) is 4. The number of nitrogens with zero attached hydrogens (tertiary/aromatic N) is 1. The Labute approximate surface area is 185 Å². The van der Waals surface area contributed by atoms with Gasteiger partial charge in [0, 0.05) is 11.8 Å². The summed E-state index contributed by atoms with van der Waals surface area (Å²) in [6, 6.07) is 0. The van der Waals surface area contributed by atoms with E-state index in [1.165, 1.54) is 0 Å². The van der Waals surface area contributed by atoms with Gasteiger partial charge < -0.3 is 4.74 Å². The summed E-state index contributed by atoms with van der Waals surface area (Å²) in [6.07, 6.45) is -1.76. The van der Waals surface area contributed by atoms with Crippen LogP contribution in [0.5, 0.6) is 0 Å². The molecule has 11 heteroatoms. The molecule has 2 amide bonds. The highest BCUT2D eigenvalue weighted by Crippen LogP contribution is 2.81. The Morgan fingerprint density at radius 2 is 1.33 bits per heavy atom. The Balaban J connectivity index is 1.63. The summed E-state index contributed by atoms with van der Waals surface area (Å²) in [7, 11) is 0. The molecule has 3 aliphatic heterocycles. The van der Waals surface area contributed by atoms with Gasteiger partial charge in [-0.05, 0) is 13.8 Å². The number of halogens is 6. The molecule has 8 atom stereocenters. The van der Waals surface area contributed by atoms with Gasteiger partial charge in [0.2, 0.25) is 0 Å². The lowest BCUT2D eigenvalue weighted by Crippen LogP contribution is -2.50. The van der Waals surface area contributed by atoms with E-state index in [2.05, 4.69) is 0 Å². The molecule has 4 bridgehead atoms. The van der Waals surface area contributed by atoms with Gasteiger partial charge in [0.05, 0.1) is 40.2 Å². The van der Waals surface area contributed by atoms with E-state index in [9.17, 15) is 9.59 Å². The van der Waals surface area contributed by atoms with Crippen LogP contribution in [-0.4, -0.2) is 49.3 Å². The van der Waals surface area contributed by atoms with Crippen LogP contribution in [0.2, 0.25) is 0 Å². The van der Waals surface area contributed by atoms with Gasteiger partial charge in [0.15, 0.2) is 4.33 Å². The number of alkyl halides is 4. The van der Waals surface area contributed by atoms with Crippen LogP contribution in [0.1, 0.15) is 13.8 Å². The maximum Gasteiger partial charge on any atom is 0.260 e. The third kappa shape index (κ3) is 1.79. The van der Waals surface area contributed by atoms with Crippen LogP contribution in [0.4, 0.5) is 0 Å². The first kappa shape index (κ1) is 19.5. The first-order valence-electron chi connectivity index (χ1n) is 8.44. The summed E-state index contributed by atoms with van der Waals surface area (Å²) in [5, 5.41) is 0.956. The van der Waals surface area contributed by atoms with Crippen LogP contribution < -0.4 is 0 Å². The van der Waals surface area contributed by atoms with Crippen molar-refractivity contribution in [2.24, 2.45) is 23.7 Å². The van der Waals surface area contributed by atoms with Crippen molar-refractivity contribution in [3.05, 3.63) is 10.1 Å². The predicted octanol–water partition coefficient (Wildman–Crippen LogP) is 3.79. The Kier molecular flexibility index (Phi) is 3.91. The molecule has 4 fully saturated rings. The number of hydrogen-bond donors (Lipinski definition) is 0. The Morgan fingerprint density at radius 1 is 0.926 bits per heavy atom. The number of hydroxylamine groups is 2. The fourth-order valence-corrected chi connectivity index (χ4v) is 8.65. The van der Waals surface area contributed by atoms with Gasteiger partial charge in [0.1, 0.15) is 9.75 Å². The zero-order valence-electron chi connectivity index (χ0n) is 13.9. The van der Waals surface area contributed by atoms with E-state index in [4.69, 9.17) is 79.2 Å². The predicted molar refractivity (Wildman–Crippen MR) is 101 cm³/mol. The highest BCUT2D eigenvalue weighted by atomic mass is 35.5. The van der Waals surface area contributed by atoms with Gasteiger partial charge in [-0.1, -0.05) is 46.4 Å². The normalized spacial score (nSPS) is 51.8. The van der Waals surface area contributed by atoms with Crippen LogP contribution in [-0.2, 0) is 19.2 Å². The van der Waals surface area contributed by atoms with Crippen LogP contribution in [0.15, 0.2) is 10.1 Å². The maximum absolute atomic E-state index is 12.9. The van der Waals surface area contributed by atoms with Crippen molar-refractivity contribution >= 4 is 81.4 Å². The zero-order chi connectivity index (χ0) is 19.8. The molecular weight excluding hydrogens is 483 g/mol. The number of imide groups is 1. The number of fused-ring (bicyclic) bond motifs is 12. The van der Waals surface area contributed by atoms with Crippen LogP contribution in [0.25, 0.3) is 0 Å². The average molecular weight is 496 g/mol. The first-order valence-corrected chi connectivity index (χ1v) is 10.7. The molecule has 2 aliphatic carbocycles. The van der Waals surface area contributed by atoms with E-state index in [0.29, 0.717) is 0 Å². The first-order chi connectivity index (χ1) is 12.4. The van der Waals surface area contributed by atoms with Crippen LogP contribution in [0, 0.1) is 23.7 Å². The SMILES string of the molecule is CC(C)ON1C(=O)C2C3OC(C2C1=O)C1C3C2(Cl)C(Cl)=C(Cl)C1(Cl)C2(Cl)Cl. The molecule has 1 saturated carbocycles. The molecule has 0 radical (unpaired) electrons. The summed E-state index contributed by atoms with van der Waals surface area (Å²) in [5.74, 6) is -3.54. The molecule has 0 aromatic carbocycles. The highest BCUT2D eigenvalue weighted by Gasteiger charge is 2.90. The molecule has 0 N–H and O–H groups in total. The summed E-state index contributed by atoms with van der Waals surface area (Å²) in [6.45, 7) is 3.46. The van der Waals surface area contributed by atoms with E-state index in [-0.39, 0.29) is 16.2 Å². The Morgan fingerprint density at radius 3 is 1.70 bits per heavy atom. The van der Waals surface area contributed by atoms with Crippen molar-refractivity contribution in [3.63, 3.8) is 0 Å². The van der Waals surface area contributed by atoms with Crippen molar-refractivity contribution in [2.75, 3.05) is 0 Å². The molecule has 0 aromatic rings. The lowest BCUT2D eigenvalue weighted by atomic mass is 9.65. The van der Waals surface area contributed by atoms with Crippen LogP contribution in [0.3, 0.4) is 0 Å².